The van der Waals surface area contributed by atoms with Crippen molar-refractivity contribution in [1.29, 1.82) is 0 Å². The molecule has 0 spiro atoms. The number of aliphatic hydroxyl groups excluding tert-OH is 1. The van der Waals surface area contributed by atoms with Crippen molar-refractivity contribution in [2.75, 3.05) is 13.2 Å². The largest absolute Gasteiger partial charge is 0.393 e. The van der Waals surface area contributed by atoms with Gasteiger partial charge in [0.05, 0.1) is 6.10 Å². The average molecular weight is 441 g/mol. The summed E-state index contributed by atoms with van der Waals surface area (Å²) in [5.41, 5.74) is 0. The summed E-state index contributed by atoms with van der Waals surface area (Å²) in [7, 11) is 0. The molecule has 188 valence electrons. The van der Waals surface area contributed by atoms with Gasteiger partial charge in [-0.25, -0.2) is 0 Å². The van der Waals surface area contributed by atoms with Gasteiger partial charge < -0.3 is 9.84 Å². The molecule has 2 heteroatoms. The molecule has 0 heterocycles. The predicted molar refractivity (Wildman–Crippen MR) is 139 cm³/mol. The lowest BCUT2D eigenvalue weighted by Crippen LogP contribution is -2.12. The van der Waals surface area contributed by atoms with Crippen molar-refractivity contribution < 1.29 is 9.84 Å². The normalized spacial score (nSPS) is 13.5. The smallest absolute Gasteiger partial charge is 0.0513 e. The molecule has 1 N–H and O–H groups in total. The lowest BCUT2D eigenvalue weighted by molar-refractivity contribution is 0.0789. The molecule has 0 saturated carbocycles. The summed E-state index contributed by atoms with van der Waals surface area (Å²) in [6.07, 6.45) is 29.8. The first-order chi connectivity index (χ1) is 15.2. The van der Waals surface area contributed by atoms with Gasteiger partial charge in [0.1, 0.15) is 0 Å². The molecule has 2 atom stereocenters. The predicted octanol–water partition coefficient (Wildman–Crippen LogP) is 9.62. The molecule has 0 aromatic heterocycles. The number of rotatable bonds is 26. The van der Waals surface area contributed by atoms with Crippen LogP contribution in [0, 0.1) is 5.92 Å². The van der Waals surface area contributed by atoms with Gasteiger partial charge in [-0.1, -0.05) is 129 Å². The van der Waals surface area contributed by atoms with Crippen LogP contribution in [-0.4, -0.2) is 24.4 Å². The van der Waals surface area contributed by atoms with Crippen LogP contribution in [0.25, 0.3) is 0 Å². The quantitative estimate of drug-likeness (QED) is 0.136. The van der Waals surface area contributed by atoms with Gasteiger partial charge in [-0.2, -0.15) is 0 Å². The Morgan fingerprint density at radius 3 is 1.29 bits per heavy atom. The Balaban J connectivity index is 3.80. The van der Waals surface area contributed by atoms with E-state index in [1.54, 1.807) is 0 Å². The van der Waals surface area contributed by atoms with Gasteiger partial charge >= 0.3 is 0 Å². The van der Waals surface area contributed by atoms with Crippen molar-refractivity contribution in [2.45, 2.75) is 168 Å². The van der Waals surface area contributed by atoms with Gasteiger partial charge in [0.15, 0.2) is 0 Å². The minimum Gasteiger partial charge on any atom is -0.393 e. The molecule has 0 rings (SSSR count). The van der Waals surface area contributed by atoms with Crippen LogP contribution >= 0.6 is 0 Å². The molecule has 2 unspecified atom stereocenters. The second-order valence-corrected chi connectivity index (χ2v) is 10.2. The molecule has 0 amide bonds. The van der Waals surface area contributed by atoms with Crippen LogP contribution in [0.3, 0.4) is 0 Å². The van der Waals surface area contributed by atoms with Crippen molar-refractivity contribution >= 4 is 0 Å². The van der Waals surface area contributed by atoms with Gasteiger partial charge in [-0.15, -0.1) is 0 Å². The molecule has 0 fully saturated rings. The Morgan fingerprint density at radius 1 is 0.516 bits per heavy atom. The van der Waals surface area contributed by atoms with Crippen LogP contribution < -0.4 is 0 Å². The van der Waals surface area contributed by atoms with E-state index in [0.717, 1.165) is 32.0 Å². The van der Waals surface area contributed by atoms with E-state index in [1.807, 2.05) is 6.92 Å². The van der Waals surface area contributed by atoms with Crippen LogP contribution in [0.1, 0.15) is 162 Å². The van der Waals surface area contributed by atoms with Crippen LogP contribution in [0.15, 0.2) is 0 Å². The highest BCUT2D eigenvalue weighted by molar-refractivity contribution is 4.61. The third-order valence-electron chi connectivity index (χ3n) is 6.70. The van der Waals surface area contributed by atoms with E-state index in [-0.39, 0.29) is 6.10 Å². The van der Waals surface area contributed by atoms with E-state index < -0.39 is 0 Å². The third kappa shape index (κ3) is 26.1. The molecule has 31 heavy (non-hydrogen) atoms. The molecular formula is C29H60O2. The molecular weight excluding hydrogens is 380 g/mol. The van der Waals surface area contributed by atoms with E-state index >= 15 is 0 Å². The molecule has 0 aliphatic rings. The maximum atomic E-state index is 9.40. The van der Waals surface area contributed by atoms with Crippen molar-refractivity contribution in [3.8, 4) is 0 Å². The Kier molecular flexibility index (Phi) is 26.1. The lowest BCUT2D eigenvalue weighted by atomic mass is 9.94. The van der Waals surface area contributed by atoms with E-state index in [4.69, 9.17) is 4.74 Å². The van der Waals surface area contributed by atoms with E-state index in [0.29, 0.717) is 0 Å². The number of hydrogen-bond acceptors (Lipinski definition) is 2. The Hall–Kier alpha value is -0.0800. The number of ether oxygens (including phenoxy) is 1. The summed E-state index contributed by atoms with van der Waals surface area (Å²) in [6, 6.07) is 0. The van der Waals surface area contributed by atoms with Crippen molar-refractivity contribution in [3.05, 3.63) is 0 Å². The standard InChI is InChI=1S/C29H60O2/c1-4-6-8-10-12-14-15-17-19-21-25-29(27-31-26-22-23-28(3)30)24-20-18-16-13-11-9-7-5-2/h28-30H,4-27H2,1-3H3. The zero-order valence-electron chi connectivity index (χ0n) is 22.0. The molecule has 0 bridgehead atoms. The van der Waals surface area contributed by atoms with Gasteiger partial charge in [0, 0.05) is 13.2 Å². The summed E-state index contributed by atoms with van der Waals surface area (Å²) in [5.74, 6) is 0.751. The minimum absolute atomic E-state index is 0.191. The van der Waals surface area contributed by atoms with Crippen molar-refractivity contribution in [3.63, 3.8) is 0 Å². The molecule has 0 aromatic rings. The van der Waals surface area contributed by atoms with E-state index in [9.17, 15) is 5.11 Å². The summed E-state index contributed by atoms with van der Waals surface area (Å²) >= 11 is 0. The fraction of sp³-hybridized carbons (Fsp3) is 1.00. The van der Waals surface area contributed by atoms with Gasteiger partial charge in [-0.05, 0) is 38.5 Å². The van der Waals surface area contributed by atoms with Gasteiger partial charge in [0.2, 0.25) is 0 Å². The van der Waals surface area contributed by atoms with Crippen LogP contribution in [0.4, 0.5) is 0 Å². The third-order valence-corrected chi connectivity index (χ3v) is 6.70. The summed E-state index contributed by atoms with van der Waals surface area (Å²) in [5, 5.41) is 9.40. The topological polar surface area (TPSA) is 29.5 Å². The molecule has 0 saturated heterocycles. The average Bonchev–Trinajstić information content (AvgIpc) is 2.75. The minimum atomic E-state index is -0.191. The Labute approximate surface area is 197 Å². The van der Waals surface area contributed by atoms with Crippen molar-refractivity contribution in [1.82, 2.24) is 0 Å². The first-order valence-electron chi connectivity index (χ1n) is 14.5. The fourth-order valence-corrected chi connectivity index (χ4v) is 4.53. The molecule has 0 radical (unpaired) electrons. The molecule has 0 aliphatic carbocycles. The zero-order chi connectivity index (χ0) is 22.8. The van der Waals surface area contributed by atoms with Gasteiger partial charge in [-0.3, -0.25) is 0 Å². The number of unbranched alkanes of at least 4 members (excludes halogenated alkanes) is 16. The molecule has 0 aliphatic heterocycles. The maximum absolute atomic E-state index is 9.40. The maximum Gasteiger partial charge on any atom is 0.0513 e. The highest BCUT2D eigenvalue weighted by Gasteiger charge is 2.09. The first-order valence-corrected chi connectivity index (χ1v) is 14.5. The fourth-order valence-electron chi connectivity index (χ4n) is 4.53. The number of aliphatic hydroxyl groups is 1. The zero-order valence-corrected chi connectivity index (χ0v) is 22.0. The lowest BCUT2D eigenvalue weighted by Gasteiger charge is -2.17. The van der Waals surface area contributed by atoms with E-state index in [2.05, 4.69) is 13.8 Å². The van der Waals surface area contributed by atoms with E-state index in [1.165, 1.54) is 128 Å². The first kappa shape index (κ1) is 30.9. The summed E-state index contributed by atoms with van der Waals surface area (Å²) < 4.78 is 6.00. The molecule has 0 aromatic carbocycles. The van der Waals surface area contributed by atoms with Crippen LogP contribution in [0.2, 0.25) is 0 Å². The SMILES string of the molecule is CCCCCCCCCCCCC(CCCCCCCCCC)COCCCC(C)O. The van der Waals surface area contributed by atoms with Gasteiger partial charge in [0.25, 0.3) is 0 Å². The van der Waals surface area contributed by atoms with Crippen LogP contribution in [-0.2, 0) is 4.74 Å². The highest BCUT2D eigenvalue weighted by Crippen LogP contribution is 2.20. The van der Waals surface area contributed by atoms with Crippen LogP contribution in [0.5, 0.6) is 0 Å². The second-order valence-electron chi connectivity index (χ2n) is 10.2. The second kappa shape index (κ2) is 26.2. The molecule has 2 nitrogen and oxygen atoms in total. The summed E-state index contributed by atoms with van der Waals surface area (Å²) in [4.78, 5) is 0. The van der Waals surface area contributed by atoms with Crippen molar-refractivity contribution in [2.24, 2.45) is 5.92 Å². The monoisotopic (exact) mass is 440 g/mol. The Bertz CT molecular complexity index is 316. The highest BCUT2D eigenvalue weighted by atomic mass is 16.5. The number of hydrogen-bond donors (Lipinski definition) is 1. The Morgan fingerprint density at radius 2 is 0.903 bits per heavy atom. The summed E-state index contributed by atoms with van der Waals surface area (Å²) in [6.45, 7) is 8.21.